The molecule has 0 bridgehead atoms. The van der Waals surface area contributed by atoms with Crippen LogP contribution < -0.4 is 10.1 Å². The fourth-order valence-electron chi connectivity index (χ4n) is 3.32. The van der Waals surface area contributed by atoms with Crippen molar-refractivity contribution in [2.24, 2.45) is 5.92 Å². The smallest absolute Gasteiger partial charge is 0.341 e. The van der Waals surface area contributed by atoms with Gasteiger partial charge in [-0.05, 0) is 62.3 Å². The van der Waals surface area contributed by atoms with Crippen molar-refractivity contribution < 1.29 is 19.1 Å². The molecule has 1 amide bonds. The molecule has 1 aromatic heterocycles. The van der Waals surface area contributed by atoms with Crippen molar-refractivity contribution in [1.82, 2.24) is 0 Å². The largest absolute Gasteiger partial charge is 0.479 e. The van der Waals surface area contributed by atoms with Crippen molar-refractivity contribution in [2.75, 3.05) is 12.4 Å². The molecule has 0 aliphatic heterocycles. The SMILES string of the molecule is COC(=O)c1c(NC(=O)[C@H](C)Oc2cc(C)ccc2Cl)sc2c1CC[C@@H](C)C2. The number of aryl methyl sites for hydroxylation is 1. The maximum absolute atomic E-state index is 12.7. The van der Waals surface area contributed by atoms with E-state index in [9.17, 15) is 9.59 Å². The fraction of sp³-hybridized carbons (Fsp3) is 0.429. The zero-order chi connectivity index (χ0) is 20.4. The second kappa shape index (κ2) is 8.53. The van der Waals surface area contributed by atoms with Crippen LogP contribution in [0.3, 0.4) is 0 Å². The first-order chi connectivity index (χ1) is 13.3. The van der Waals surface area contributed by atoms with Gasteiger partial charge in [0.05, 0.1) is 17.7 Å². The minimum Gasteiger partial charge on any atom is -0.479 e. The van der Waals surface area contributed by atoms with Crippen LogP contribution >= 0.6 is 22.9 Å². The van der Waals surface area contributed by atoms with Crippen molar-refractivity contribution in [3.8, 4) is 5.75 Å². The van der Waals surface area contributed by atoms with Gasteiger partial charge >= 0.3 is 5.97 Å². The van der Waals surface area contributed by atoms with E-state index in [4.69, 9.17) is 21.1 Å². The van der Waals surface area contributed by atoms with Crippen LogP contribution in [0.15, 0.2) is 18.2 Å². The van der Waals surface area contributed by atoms with Crippen LogP contribution in [0.2, 0.25) is 5.02 Å². The van der Waals surface area contributed by atoms with Crippen molar-refractivity contribution in [2.45, 2.75) is 46.1 Å². The third-order valence-electron chi connectivity index (χ3n) is 4.90. The molecule has 1 aromatic carbocycles. The van der Waals surface area contributed by atoms with Gasteiger partial charge in [0.25, 0.3) is 5.91 Å². The van der Waals surface area contributed by atoms with Gasteiger partial charge in [0.15, 0.2) is 6.10 Å². The van der Waals surface area contributed by atoms with E-state index in [1.54, 1.807) is 19.1 Å². The Labute approximate surface area is 174 Å². The van der Waals surface area contributed by atoms with Gasteiger partial charge in [0.1, 0.15) is 10.8 Å². The van der Waals surface area contributed by atoms with Gasteiger partial charge in [-0.2, -0.15) is 0 Å². The summed E-state index contributed by atoms with van der Waals surface area (Å²) >= 11 is 7.61. The van der Waals surface area contributed by atoms with Crippen LogP contribution in [0.1, 0.15) is 46.6 Å². The van der Waals surface area contributed by atoms with Crippen LogP contribution in [0.25, 0.3) is 0 Å². The number of carbonyl (C=O) groups is 2. The molecule has 3 rings (SSSR count). The predicted octanol–water partition coefficient (Wildman–Crippen LogP) is 5.03. The van der Waals surface area contributed by atoms with E-state index in [2.05, 4.69) is 12.2 Å². The van der Waals surface area contributed by atoms with Gasteiger partial charge in [-0.25, -0.2) is 4.79 Å². The molecule has 7 heteroatoms. The summed E-state index contributed by atoms with van der Waals surface area (Å²) in [5.74, 6) is 0.259. The zero-order valence-electron chi connectivity index (χ0n) is 16.4. The molecule has 1 N–H and O–H groups in total. The highest BCUT2D eigenvalue weighted by Gasteiger charge is 2.29. The lowest BCUT2D eigenvalue weighted by atomic mass is 9.88. The highest BCUT2D eigenvalue weighted by Crippen LogP contribution is 2.40. The van der Waals surface area contributed by atoms with Crippen LogP contribution in [0.5, 0.6) is 5.75 Å². The number of esters is 1. The number of halogens is 1. The van der Waals surface area contributed by atoms with Crippen LogP contribution in [0.4, 0.5) is 5.00 Å². The molecule has 2 aromatic rings. The molecule has 0 unspecified atom stereocenters. The second-order valence-corrected chi connectivity index (χ2v) is 8.74. The number of hydrogen-bond donors (Lipinski definition) is 1. The second-order valence-electron chi connectivity index (χ2n) is 7.23. The Bertz CT molecular complexity index is 908. The van der Waals surface area contributed by atoms with Gasteiger partial charge in [-0.1, -0.05) is 24.6 Å². The Morgan fingerprint density at radius 1 is 1.36 bits per heavy atom. The monoisotopic (exact) mass is 421 g/mol. The van der Waals surface area contributed by atoms with Crippen molar-refractivity contribution in [3.63, 3.8) is 0 Å². The summed E-state index contributed by atoms with van der Waals surface area (Å²) in [6, 6.07) is 5.40. The topological polar surface area (TPSA) is 64.6 Å². The fourth-order valence-corrected chi connectivity index (χ4v) is 4.88. The maximum atomic E-state index is 12.7. The van der Waals surface area contributed by atoms with E-state index in [1.165, 1.54) is 18.4 Å². The maximum Gasteiger partial charge on any atom is 0.341 e. The number of fused-ring (bicyclic) bond motifs is 1. The van der Waals surface area contributed by atoms with Crippen molar-refractivity contribution in [3.05, 3.63) is 44.8 Å². The molecular weight excluding hydrogens is 398 g/mol. The third kappa shape index (κ3) is 4.33. The first-order valence-electron chi connectivity index (χ1n) is 9.26. The molecule has 1 aliphatic carbocycles. The summed E-state index contributed by atoms with van der Waals surface area (Å²) in [5, 5.41) is 3.84. The summed E-state index contributed by atoms with van der Waals surface area (Å²) < 4.78 is 10.7. The highest BCUT2D eigenvalue weighted by atomic mass is 35.5. The minimum absolute atomic E-state index is 0.339. The summed E-state index contributed by atoms with van der Waals surface area (Å²) in [5.41, 5.74) is 2.46. The summed E-state index contributed by atoms with van der Waals surface area (Å²) in [6.07, 6.45) is 1.97. The standard InChI is InChI=1S/C21H24ClNO4S/c1-11-6-8-15(22)16(9-11)27-13(3)19(24)23-20-18(21(25)26-4)14-7-5-12(2)10-17(14)28-20/h6,8-9,12-13H,5,7,10H2,1-4H3,(H,23,24)/t12-,13+/m1/s1. The Kier molecular flexibility index (Phi) is 6.30. The van der Waals surface area contributed by atoms with E-state index in [-0.39, 0.29) is 5.91 Å². The molecule has 28 heavy (non-hydrogen) atoms. The number of hydrogen-bond acceptors (Lipinski definition) is 5. The number of anilines is 1. The number of benzene rings is 1. The lowest BCUT2D eigenvalue weighted by molar-refractivity contribution is -0.122. The summed E-state index contributed by atoms with van der Waals surface area (Å²) in [6.45, 7) is 5.77. The minimum atomic E-state index is -0.775. The van der Waals surface area contributed by atoms with E-state index < -0.39 is 12.1 Å². The zero-order valence-corrected chi connectivity index (χ0v) is 18.0. The molecule has 0 saturated heterocycles. The number of methoxy groups -OCH3 is 1. The number of amides is 1. The van der Waals surface area contributed by atoms with Crippen molar-refractivity contribution in [1.29, 1.82) is 0 Å². The number of nitrogens with one attached hydrogen (secondary N) is 1. The van der Waals surface area contributed by atoms with Crippen LogP contribution in [-0.2, 0) is 22.4 Å². The number of ether oxygens (including phenoxy) is 2. The molecule has 0 radical (unpaired) electrons. The molecule has 150 valence electrons. The Hall–Kier alpha value is -2.05. The average molecular weight is 422 g/mol. The quantitative estimate of drug-likeness (QED) is 0.688. The van der Waals surface area contributed by atoms with Crippen LogP contribution in [-0.4, -0.2) is 25.1 Å². The Balaban J connectivity index is 1.81. The van der Waals surface area contributed by atoms with Gasteiger partial charge < -0.3 is 14.8 Å². The molecule has 0 fully saturated rings. The van der Waals surface area contributed by atoms with E-state index >= 15 is 0 Å². The molecule has 0 spiro atoms. The highest BCUT2D eigenvalue weighted by molar-refractivity contribution is 7.17. The van der Waals surface area contributed by atoms with Gasteiger partial charge in [0.2, 0.25) is 0 Å². The molecule has 1 aliphatic rings. The Morgan fingerprint density at radius 2 is 2.11 bits per heavy atom. The third-order valence-corrected chi connectivity index (χ3v) is 6.38. The van der Waals surface area contributed by atoms with Crippen molar-refractivity contribution >= 4 is 39.8 Å². The van der Waals surface area contributed by atoms with E-state index in [1.807, 2.05) is 13.0 Å². The van der Waals surface area contributed by atoms with E-state index in [0.29, 0.717) is 27.3 Å². The van der Waals surface area contributed by atoms with Gasteiger partial charge in [0, 0.05) is 4.88 Å². The first-order valence-corrected chi connectivity index (χ1v) is 10.5. The number of carbonyl (C=O) groups excluding carboxylic acids is 2. The van der Waals surface area contributed by atoms with Crippen LogP contribution in [0, 0.1) is 12.8 Å². The van der Waals surface area contributed by atoms with Gasteiger partial charge in [-0.3, -0.25) is 4.79 Å². The average Bonchev–Trinajstić information content (AvgIpc) is 3.00. The molecule has 0 saturated carbocycles. The Morgan fingerprint density at radius 3 is 2.82 bits per heavy atom. The first kappa shape index (κ1) is 20.7. The number of thiophene rings is 1. The summed E-state index contributed by atoms with van der Waals surface area (Å²) in [4.78, 5) is 26.2. The lowest BCUT2D eigenvalue weighted by Gasteiger charge is -2.18. The molecule has 5 nitrogen and oxygen atoms in total. The molecule has 2 atom stereocenters. The number of rotatable bonds is 5. The molecule has 1 heterocycles. The summed E-state index contributed by atoms with van der Waals surface area (Å²) in [7, 11) is 1.36. The van der Waals surface area contributed by atoms with Gasteiger partial charge in [-0.15, -0.1) is 11.3 Å². The van der Waals surface area contributed by atoms with E-state index in [0.717, 1.165) is 35.3 Å². The lowest BCUT2D eigenvalue weighted by Crippen LogP contribution is -2.30. The predicted molar refractivity (Wildman–Crippen MR) is 112 cm³/mol. The molecular formula is C21H24ClNO4S. The normalized spacial score (nSPS) is 16.8.